The smallest absolute Gasteiger partial charge is 0.379 e. The molecule has 0 aromatic heterocycles. The van der Waals surface area contributed by atoms with E-state index in [2.05, 4.69) is 17.2 Å². The van der Waals surface area contributed by atoms with Crippen LogP contribution in [0.25, 0.3) is 0 Å². The van der Waals surface area contributed by atoms with Crippen LogP contribution in [0.5, 0.6) is 0 Å². The highest BCUT2D eigenvalue weighted by Crippen LogP contribution is 2.23. The molecule has 0 heterocycles. The number of methoxy groups -OCH3 is 1. The van der Waals surface area contributed by atoms with Crippen LogP contribution in [0.15, 0.2) is 0 Å². The first-order valence-corrected chi connectivity index (χ1v) is 5.39. The third-order valence-electron chi connectivity index (χ3n) is 1.51. The summed E-state index contributed by atoms with van der Waals surface area (Å²) in [4.78, 5) is 0. The lowest BCUT2D eigenvalue weighted by Crippen LogP contribution is -2.50. The Morgan fingerprint density at radius 1 is 1.46 bits per heavy atom. The lowest BCUT2D eigenvalue weighted by molar-refractivity contribution is -0.413. The SMILES string of the molecule is CCCC(CO[P+](=O)OC[NH3+])OC. The van der Waals surface area contributed by atoms with Gasteiger partial charge in [-0.15, -0.1) is 4.52 Å². The highest BCUT2D eigenvalue weighted by atomic mass is 31.1. The summed E-state index contributed by atoms with van der Waals surface area (Å²) < 4.78 is 25.5. The predicted octanol–water partition coefficient (Wildman–Crippen LogP) is 0.692. The highest BCUT2D eigenvalue weighted by Gasteiger charge is 2.22. The van der Waals surface area contributed by atoms with E-state index in [-0.39, 0.29) is 12.8 Å². The summed E-state index contributed by atoms with van der Waals surface area (Å²) in [6.07, 6.45) is 1.90. The van der Waals surface area contributed by atoms with Crippen molar-refractivity contribution in [3.8, 4) is 0 Å². The summed E-state index contributed by atoms with van der Waals surface area (Å²) in [5, 5.41) is 0. The van der Waals surface area contributed by atoms with E-state index in [0.717, 1.165) is 12.8 Å². The largest absolute Gasteiger partial charge is 0.703 e. The second-order valence-corrected chi connectivity index (χ2v) is 3.46. The quantitative estimate of drug-likeness (QED) is 0.473. The van der Waals surface area contributed by atoms with Crippen LogP contribution in [0.4, 0.5) is 0 Å². The average molecular weight is 211 g/mol. The van der Waals surface area contributed by atoms with E-state index in [4.69, 9.17) is 9.26 Å². The third-order valence-corrected chi connectivity index (χ3v) is 2.26. The predicted molar refractivity (Wildman–Crippen MR) is 48.1 cm³/mol. The van der Waals surface area contributed by atoms with Crippen molar-refractivity contribution in [2.24, 2.45) is 0 Å². The average Bonchev–Trinajstić information content (AvgIpc) is 2.12. The van der Waals surface area contributed by atoms with Gasteiger partial charge < -0.3 is 10.5 Å². The van der Waals surface area contributed by atoms with E-state index in [1.807, 2.05) is 0 Å². The van der Waals surface area contributed by atoms with Gasteiger partial charge in [0.1, 0.15) is 6.61 Å². The summed E-state index contributed by atoms with van der Waals surface area (Å²) >= 11 is 0. The molecule has 0 saturated carbocycles. The van der Waals surface area contributed by atoms with E-state index in [9.17, 15) is 4.57 Å². The maximum atomic E-state index is 10.9. The molecule has 0 aromatic carbocycles. The summed E-state index contributed by atoms with van der Waals surface area (Å²) in [5.74, 6) is 0. The van der Waals surface area contributed by atoms with Crippen molar-refractivity contribution in [3.63, 3.8) is 0 Å². The number of ether oxygens (including phenoxy) is 1. The first-order valence-electron chi connectivity index (χ1n) is 4.29. The van der Waals surface area contributed by atoms with Gasteiger partial charge in [-0.2, -0.15) is 0 Å². The third kappa shape index (κ3) is 7.05. The van der Waals surface area contributed by atoms with Crippen molar-refractivity contribution >= 4 is 8.25 Å². The van der Waals surface area contributed by atoms with Crippen LogP contribution < -0.4 is 5.73 Å². The highest BCUT2D eigenvalue weighted by molar-refractivity contribution is 7.33. The van der Waals surface area contributed by atoms with E-state index in [1.54, 1.807) is 7.11 Å². The molecule has 0 aliphatic carbocycles. The standard InChI is InChI=1S/C7H17NO4P/c1-3-4-7(10-2)5-11-13(9)12-6-8/h7H,3-6,8H2,1-2H3/q+1/p+1. The van der Waals surface area contributed by atoms with Gasteiger partial charge in [0.2, 0.25) is 6.73 Å². The summed E-state index contributed by atoms with van der Waals surface area (Å²) in [6.45, 7) is 2.51. The maximum absolute atomic E-state index is 10.9. The molecule has 0 aromatic rings. The molecule has 0 radical (unpaired) electrons. The van der Waals surface area contributed by atoms with Crippen LogP contribution in [0.2, 0.25) is 0 Å². The minimum atomic E-state index is -2.02. The fourth-order valence-corrected chi connectivity index (χ4v) is 1.36. The molecule has 5 nitrogen and oxygen atoms in total. The second-order valence-electron chi connectivity index (χ2n) is 2.50. The normalized spacial score (nSPS) is 14.2. The number of quaternary nitrogens is 1. The van der Waals surface area contributed by atoms with Gasteiger partial charge in [-0.3, -0.25) is 0 Å². The van der Waals surface area contributed by atoms with Crippen LogP contribution in [0.3, 0.4) is 0 Å². The molecule has 0 saturated heterocycles. The Kier molecular flexibility index (Phi) is 8.49. The molecule has 2 unspecified atom stereocenters. The zero-order valence-electron chi connectivity index (χ0n) is 8.19. The number of rotatable bonds is 8. The molecule has 0 bridgehead atoms. The first-order chi connectivity index (χ1) is 6.24. The Morgan fingerprint density at radius 2 is 2.15 bits per heavy atom. The Hall–Kier alpha value is -0.0600. The molecule has 0 aliphatic rings. The molecule has 0 amide bonds. The molecule has 0 fully saturated rings. The molecule has 0 spiro atoms. The summed E-state index contributed by atoms with van der Waals surface area (Å²) in [5.41, 5.74) is 3.39. The van der Waals surface area contributed by atoms with Crippen LogP contribution in [0, 0.1) is 0 Å². The summed E-state index contributed by atoms with van der Waals surface area (Å²) in [6, 6.07) is 0. The Balaban J connectivity index is 3.52. The Labute approximate surface area is 79.5 Å². The zero-order chi connectivity index (χ0) is 10.1. The van der Waals surface area contributed by atoms with Gasteiger partial charge in [-0.05, 0) is 6.42 Å². The minimum Gasteiger partial charge on any atom is -0.379 e. The van der Waals surface area contributed by atoms with Gasteiger partial charge in [0.15, 0.2) is 0 Å². The molecule has 78 valence electrons. The minimum absolute atomic E-state index is 0.00244. The number of hydrogen-bond acceptors (Lipinski definition) is 4. The molecule has 0 rings (SSSR count). The van der Waals surface area contributed by atoms with Crippen molar-refractivity contribution in [1.82, 2.24) is 0 Å². The van der Waals surface area contributed by atoms with Gasteiger partial charge in [0.05, 0.1) is 6.10 Å². The molecular formula is C7H18NO4P+2. The fourth-order valence-electron chi connectivity index (χ4n) is 0.847. The first kappa shape index (κ1) is 12.9. The molecule has 13 heavy (non-hydrogen) atoms. The van der Waals surface area contributed by atoms with Crippen LogP contribution in [-0.4, -0.2) is 26.6 Å². The molecule has 6 heteroatoms. The molecule has 0 aliphatic heterocycles. The Morgan fingerprint density at radius 3 is 2.62 bits per heavy atom. The van der Waals surface area contributed by atoms with E-state index in [1.165, 1.54) is 0 Å². The van der Waals surface area contributed by atoms with E-state index >= 15 is 0 Å². The van der Waals surface area contributed by atoms with Gasteiger partial charge >= 0.3 is 8.25 Å². The molecule has 2 atom stereocenters. The lowest BCUT2D eigenvalue weighted by Gasteiger charge is -2.09. The topological polar surface area (TPSA) is 72.4 Å². The summed E-state index contributed by atoms with van der Waals surface area (Å²) in [7, 11) is -0.412. The molecule has 3 N–H and O–H groups in total. The van der Waals surface area contributed by atoms with Gasteiger partial charge in [-0.25, -0.2) is 0 Å². The number of hydrogen-bond donors (Lipinski definition) is 1. The van der Waals surface area contributed by atoms with Gasteiger partial charge in [0.25, 0.3) is 0 Å². The van der Waals surface area contributed by atoms with Crippen LogP contribution in [-0.2, 0) is 18.3 Å². The maximum Gasteiger partial charge on any atom is 0.703 e. The fraction of sp³-hybridized carbons (Fsp3) is 1.00. The molecular weight excluding hydrogens is 193 g/mol. The van der Waals surface area contributed by atoms with E-state index < -0.39 is 8.25 Å². The van der Waals surface area contributed by atoms with Crippen LogP contribution >= 0.6 is 8.25 Å². The van der Waals surface area contributed by atoms with Gasteiger partial charge in [0, 0.05) is 11.7 Å². The van der Waals surface area contributed by atoms with Crippen molar-refractivity contribution in [2.75, 3.05) is 20.4 Å². The van der Waals surface area contributed by atoms with Crippen LogP contribution in [0.1, 0.15) is 19.8 Å². The van der Waals surface area contributed by atoms with Crippen molar-refractivity contribution in [3.05, 3.63) is 0 Å². The second kappa shape index (κ2) is 8.53. The lowest BCUT2D eigenvalue weighted by atomic mass is 10.2. The van der Waals surface area contributed by atoms with Crippen molar-refractivity contribution < 1.29 is 24.1 Å². The monoisotopic (exact) mass is 211 g/mol. The van der Waals surface area contributed by atoms with Gasteiger partial charge in [-0.1, -0.05) is 17.9 Å². The zero-order valence-corrected chi connectivity index (χ0v) is 9.09. The van der Waals surface area contributed by atoms with Crippen molar-refractivity contribution in [1.29, 1.82) is 0 Å². The van der Waals surface area contributed by atoms with E-state index in [0.29, 0.717) is 6.61 Å². The van der Waals surface area contributed by atoms with Crippen molar-refractivity contribution in [2.45, 2.75) is 25.9 Å². The Bertz CT molecular complexity index is 144.